The molecule has 0 aromatic heterocycles. The van der Waals surface area contributed by atoms with E-state index in [0.717, 1.165) is 4.47 Å². The van der Waals surface area contributed by atoms with E-state index in [9.17, 15) is 4.79 Å². The molecule has 0 unspecified atom stereocenters. The molecule has 18 heavy (non-hydrogen) atoms. The molecule has 1 rings (SSSR count). The Bertz CT molecular complexity index is 367. The van der Waals surface area contributed by atoms with E-state index in [1.165, 1.54) is 0 Å². The molecule has 0 radical (unpaired) electrons. The molecule has 5 heteroatoms. The number of hydrogen-bond donors (Lipinski definition) is 1. The van der Waals surface area contributed by atoms with E-state index in [4.69, 9.17) is 9.84 Å². The van der Waals surface area contributed by atoms with Gasteiger partial charge in [-0.05, 0) is 12.1 Å². The number of rotatable bonds is 8. The summed E-state index contributed by atoms with van der Waals surface area (Å²) in [5.74, 6) is 0.0482. The Morgan fingerprint density at radius 1 is 1.33 bits per heavy atom. The van der Waals surface area contributed by atoms with Gasteiger partial charge in [-0.3, -0.25) is 9.69 Å². The van der Waals surface area contributed by atoms with Crippen LogP contribution >= 0.6 is 15.9 Å². The van der Waals surface area contributed by atoms with Gasteiger partial charge in [0.05, 0.1) is 19.8 Å². The highest BCUT2D eigenvalue weighted by Gasteiger charge is 2.11. The Morgan fingerprint density at radius 3 is 2.56 bits per heavy atom. The van der Waals surface area contributed by atoms with Gasteiger partial charge in [-0.2, -0.15) is 0 Å². The number of halogens is 1. The van der Waals surface area contributed by atoms with Crippen LogP contribution in [0.4, 0.5) is 0 Å². The third kappa shape index (κ3) is 5.27. The summed E-state index contributed by atoms with van der Waals surface area (Å²) < 4.78 is 5.93. The number of nitrogens with zero attached hydrogens (tertiary/aromatic N) is 1. The molecule has 0 aliphatic heterocycles. The predicted molar refractivity (Wildman–Crippen MR) is 73.9 cm³/mol. The summed E-state index contributed by atoms with van der Waals surface area (Å²) in [6.07, 6.45) is 0. The molecule has 1 aromatic rings. The summed E-state index contributed by atoms with van der Waals surface area (Å²) in [7, 11) is 1.62. The van der Waals surface area contributed by atoms with Gasteiger partial charge in [0.25, 0.3) is 0 Å². The second-order valence-corrected chi connectivity index (χ2v) is 4.84. The molecule has 0 aliphatic carbocycles. The van der Waals surface area contributed by atoms with E-state index in [1.807, 2.05) is 17.0 Å². The Hall–Kier alpha value is -0.750. The highest BCUT2D eigenvalue weighted by Crippen LogP contribution is 2.11. The van der Waals surface area contributed by atoms with E-state index >= 15 is 0 Å². The van der Waals surface area contributed by atoms with Crippen molar-refractivity contribution in [1.82, 2.24) is 4.90 Å². The van der Waals surface area contributed by atoms with Crippen molar-refractivity contribution in [1.29, 1.82) is 0 Å². The van der Waals surface area contributed by atoms with Crippen molar-refractivity contribution in [2.24, 2.45) is 0 Å². The zero-order valence-electron chi connectivity index (χ0n) is 10.4. The van der Waals surface area contributed by atoms with Crippen molar-refractivity contribution >= 4 is 21.7 Å². The number of Topliss-reactive ketones (excluding diaryl/α,β-unsaturated/α-hetero) is 1. The average Bonchev–Trinajstić information content (AvgIpc) is 2.37. The number of carbonyl (C=O) groups excluding carboxylic acids is 1. The molecule has 0 spiro atoms. The summed E-state index contributed by atoms with van der Waals surface area (Å²) in [4.78, 5) is 13.9. The third-order valence-electron chi connectivity index (χ3n) is 2.56. The molecular weight excluding hydrogens is 298 g/mol. The molecule has 1 N–H and O–H groups in total. The number of benzene rings is 1. The van der Waals surface area contributed by atoms with Crippen LogP contribution in [0.1, 0.15) is 10.4 Å². The van der Waals surface area contributed by atoms with Crippen molar-refractivity contribution < 1.29 is 14.6 Å². The van der Waals surface area contributed by atoms with Crippen LogP contribution in [0.5, 0.6) is 0 Å². The van der Waals surface area contributed by atoms with Crippen LogP contribution in [0.15, 0.2) is 28.7 Å². The lowest BCUT2D eigenvalue weighted by atomic mass is 10.1. The van der Waals surface area contributed by atoms with E-state index in [-0.39, 0.29) is 12.4 Å². The molecule has 0 fully saturated rings. The lowest BCUT2D eigenvalue weighted by Gasteiger charge is -2.19. The normalized spacial score (nSPS) is 10.9. The van der Waals surface area contributed by atoms with Gasteiger partial charge in [-0.25, -0.2) is 0 Å². The summed E-state index contributed by atoms with van der Waals surface area (Å²) in [6.45, 7) is 2.00. The van der Waals surface area contributed by atoms with Gasteiger partial charge in [0.1, 0.15) is 0 Å². The maximum Gasteiger partial charge on any atom is 0.176 e. The number of methoxy groups -OCH3 is 1. The number of ether oxygens (including phenoxy) is 1. The highest BCUT2D eigenvalue weighted by molar-refractivity contribution is 9.10. The summed E-state index contributed by atoms with van der Waals surface area (Å²) in [6, 6.07) is 7.28. The van der Waals surface area contributed by atoms with Gasteiger partial charge in [0.2, 0.25) is 0 Å². The van der Waals surface area contributed by atoms with Crippen molar-refractivity contribution in [3.8, 4) is 0 Å². The Morgan fingerprint density at radius 2 is 2.00 bits per heavy atom. The number of hydrogen-bond acceptors (Lipinski definition) is 4. The molecule has 100 valence electrons. The van der Waals surface area contributed by atoms with Crippen LogP contribution in [0.2, 0.25) is 0 Å². The number of carbonyl (C=O) groups is 1. The van der Waals surface area contributed by atoms with Crippen LogP contribution in [-0.4, -0.2) is 55.7 Å². The van der Waals surface area contributed by atoms with Gasteiger partial charge in [0.15, 0.2) is 5.78 Å². The summed E-state index contributed by atoms with van der Waals surface area (Å²) in [5, 5.41) is 8.96. The zero-order valence-corrected chi connectivity index (χ0v) is 12.0. The smallest absolute Gasteiger partial charge is 0.176 e. The third-order valence-corrected chi connectivity index (χ3v) is 3.09. The highest BCUT2D eigenvalue weighted by atomic mass is 79.9. The largest absolute Gasteiger partial charge is 0.395 e. The van der Waals surface area contributed by atoms with Crippen molar-refractivity contribution in [3.63, 3.8) is 0 Å². The predicted octanol–water partition coefficient (Wildman–Crippen LogP) is 1.57. The van der Waals surface area contributed by atoms with E-state index in [1.54, 1.807) is 19.2 Å². The van der Waals surface area contributed by atoms with Crippen LogP contribution in [0, 0.1) is 0 Å². The van der Waals surface area contributed by atoms with Crippen LogP contribution < -0.4 is 0 Å². The van der Waals surface area contributed by atoms with Gasteiger partial charge < -0.3 is 9.84 Å². The first kappa shape index (κ1) is 15.3. The van der Waals surface area contributed by atoms with E-state index in [0.29, 0.717) is 31.8 Å². The lowest BCUT2D eigenvalue weighted by Crippen LogP contribution is -2.35. The van der Waals surface area contributed by atoms with Crippen molar-refractivity contribution in [2.75, 3.05) is 40.0 Å². The minimum absolute atomic E-state index is 0.0390. The number of aliphatic hydroxyl groups is 1. The lowest BCUT2D eigenvalue weighted by molar-refractivity contribution is 0.0868. The molecule has 0 atom stereocenters. The molecule has 4 nitrogen and oxygen atoms in total. The summed E-state index contributed by atoms with van der Waals surface area (Å²) in [5.41, 5.74) is 0.679. The SMILES string of the molecule is COCCN(CCO)CC(=O)c1ccc(Br)cc1. The Labute approximate surface area is 116 Å². The van der Waals surface area contributed by atoms with E-state index < -0.39 is 0 Å². The Kier molecular flexibility index (Phi) is 7.12. The van der Waals surface area contributed by atoms with Crippen LogP contribution in [-0.2, 0) is 4.74 Å². The van der Waals surface area contributed by atoms with Crippen LogP contribution in [0.3, 0.4) is 0 Å². The first-order valence-electron chi connectivity index (χ1n) is 5.78. The minimum atomic E-state index is 0.0390. The quantitative estimate of drug-likeness (QED) is 0.740. The monoisotopic (exact) mass is 315 g/mol. The number of ketones is 1. The molecule has 1 aromatic carbocycles. The maximum atomic E-state index is 12.0. The molecule has 0 amide bonds. The fourth-order valence-corrected chi connectivity index (χ4v) is 1.83. The standard InChI is InChI=1S/C13H18BrNO3/c1-18-9-7-15(6-8-16)10-13(17)11-2-4-12(14)5-3-11/h2-5,16H,6-10H2,1H3. The minimum Gasteiger partial charge on any atom is -0.395 e. The molecule has 0 saturated carbocycles. The molecule has 0 bridgehead atoms. The van der Waals surface area contributed by atoms with Gasteiger partial charge >= 0.3 is 0 Å². The maximum absolute atomic E-state index is 12.0. The Balaban J connectivity index is 2.56. The van der Waals surface area contributed by atoms with Crippen molar-refractivity contribution in [3.05, 3.63) is 34.3 Å². The first-order valence-corrected chi connectivity index (χ1v) is 6.57. The van der Waals surface area contributed by atoms with Crippen molar-refractivity contribution in [2.45, 2.75) is 0 Å². The van der Waals surface area contributed by atoms with Gasteiger partial charge in [0, 0.05) is 30.2 Å². The van der Waals surface area contributed by atoms with E-state index in [2.05, 4.69) is 15.9 Å². The molecule has 0 saturated heterocycles. The van der Waals surface area contributed by atoms with Gasteiger partial charge in [-0.1, -0.05) is 28.1 Å². The first-order chi connectivity index (χ1) is 8.67. The second-order valence-electron chi connectivity index (χ2n) is 3.92. The number of aliphatic hydroxyl groups excluding tert-OH is 1. The molecular formula is C13H18BrNO3. The van der Waals surface area contributed by atoms with Crippen LogP contribution in [0.25, 0.3) is 0 Å². The topological polar surface area (TPSA) is 49.8 Å². The fraction of sp³-hybridized carbons (Fsp3) is 0.462. The molecule has 0 heterocycles. The summed E-state index contributed by atoms with van der Waals surface area (Å²) >= 11 is 3.33. The molecule has 0 aliphatic rings. The average molecular weight is 316 g/mol. The fourth-order valence-electron chi connectivity index (χ4n) is 1.56. The van der Waals surface area contributed by atoms with Gasteiger partial charge in [-0.15, -0.1) is 0 Å². The second kappa shape index (κ2) is 8.37. The zero-order chi connectivity index (χ0) is 13.4.